The van der Waals surface area contributed by atoms with Crippen molar-refractivity contribution in [2.75, 3.05) is 5.43 Å². The monoisotopic (exact) mass is 204 g/mol. The van der Waals surface area contributed by atoms with E-state index in [0.717, 1.165) is 11.4 Å². The highest BCUT2D eigenvalue weighted by atomic mass is 15.3. The smallest absolute Gasteiger partial charge is 0.162 e. The van der Waals surface area contributed by atoms with Gasteiger partial charge < -0.3 is 5.43 Å². The van der Waals surface area contributed by atoms with Crippen molar-refractivity contribution < 1.29 is 0 Å². The molecule has 0 fully saturated rings. The lowest BCUT2D eigenvalue weighted by Gasteiger charge is -2.09. The normalized spacial score (nSPS) is 10.3. The van der Waals surface area contributed by atoms with Crippen molar-refractivity contribution in [2.24, 2.45) is 5.84 Å². The number of nitrogen functional groups attached to an aromatic ring is 1. The van der Waals surface area contributed by atoms with Crippen molar-refractivity contribution >= 4 is 5.82 Å². The summed E-state index contributed by atoms with van der Waals surface area (Å²) in [6.45, 7) is 3.71. The molecule has 6 heteroatoms. The first kappa shape index (κ1) is 9.60. The quantitative estimate of drug-likeness (QED) is 0.552. The second-order valence-corrected chi connectivity index (χ2v) is 3.16. The van der Waals surface area contributed by atoms with Crippen LogP contribution in [0.5, 0.6) is 0 Å². The maximum atomic E-state index is 5.37. The van der Waals surface area contributed by atoms with Crippen LogP contribution in [-0.4, -0.2) is 19.7 Å². The molecule has 2 rings (SSSR count). The zero-order valence-corrected chi connectivity index (χ0v) is 8.60. The van der Waals surface area contributed by atoms with E-state index in [1.807, 2.05) is 26.1 Å². The molecule has 78 valence electrons. The number of hydrogen-bond donors (Lipinski definition) is 2. The number of hydrazine groups is 1. The minimum absolute atomic E-state index is 0.619. The lowest BCUT2D eigenvalue weighted by Crippen LogP contribution is -2.14. The molecule has 0 saturated heterocycles. The zero-order valence-electron chi connectivity index (χ0n) is 8.60. The molecule has 0 aliphatic rings. The Kier molecular flexibility index (Phi) is 2.34. The molecule has 0 spiro atoms. The van der Waals surface area contributed by atoms with Crippen molar-refractivity contribution in [2.45, 2.75) is 13.8 Å². The molecule has 0 radical (unpaired) electrons. The van der Waals surface area contributed by atoms with E-state index in [4.69, 9.17) is 5.84 Å². The van der Waals surface area contributed by atoms with Gasteiger partial charge in [0.15, 0.2) is 5.82 Å². The number of aryl methyl sites for hydroxylation is 1. The highest BCUT2D eigenvalue weighted by molar-refractivity contribution is 5.50. The van der Waals surface area contributed by atoms with Gasteiger partial charge in [-0.2, -0.15) is 5.10 Å². The van der Waals surface area contributed by atoms with Crippen LogP contribution in [0, 0.1) is 13.8 Å². The van der Waals surface area contributed by atoms with E-state index >= 15 is 0 Å². The Morgan fingerprint density at radius 2 is 2.13 bits per heavy atom. The number of aromatic nitrogens is 4. The first-order valence-electron chi connectivity index (χ1n) is 4.54. The molecule has 0 bridgehead atoms. The number of rotatable bonds is 2. The summed E-state index contributed by atoms with van der Waals surface area (Å²) in [6.07, 6.45) is 3.53. The van der Waals surface area contributed by atoms with Crippen LogP contribution in [0.2, 0.25) is 0 Å². The molecular weight excluding hydrogens is 192 g/mol. The summed E-state index contributed by atoms with van der Waals surface area (Å²) in [4.78, 5) is 8.49. The van der Waals surface area contributed by atoms with Crippen LogP contribution in [0.25, 0.3) is 5.82 Å². The van der Waals surface area contributed by atoms with Crippen LogP contribution < -0.4 is 11.3 Å². The molecule has 0 unspecified atom stereocenters. The standard InChI is InChI=1S/C9H12N6/c1-6-8(14-10)12-7(2)13-9(6)15-5-3-4-11-15/h3-5H,10H2,1-2H3,(H,12,13,14). The maximum absolute atomic E-state index is 5.37. The summed E-state index contributed by atoms with van der Waals surface area (Å²) in [5.74, 6) is 7.38. The van der Waals surface area contributed by atoms with Gasteiger partial charge in [0.05, 0.1) is 0 Å². The van der Waals surface area contributed by atoms with Gasteiger partial charge in [-0.05, 0) is 19.9 Å². The van der Waals surface area contributed by atoms with E-state index < -0.39 is 0 Å². The summed E-state index contributed by atoms with van der Waals surface area (Å²) in [5, 5.41) is 4.12. The zero-order chi connectivity index (χ0) is 10.8. The van der Waals surface area contributed by atoms with E-state index in [9.17, 15) is 0 Å². The third-order valence-corrected chi connectivity index (χ3v) is 2.09. The molecule has 2 aromatic heterocycles. The Morgan fingerprint density at radius 3 is 2.73 bits per heavy atom. The van der Waals surface area contributed by atoms with Crippen LogP contribution in [0.15, 0.2) is 18.5 Å². The van der Waals surface area contributed by atoms with Gasteiger partial charge in [0.2, 0.25) is 0 Å². The van der Waals surface area contributed by atoms with Gasteiger partial charge in [-0.15, -0.1) is 0 Å². The molecule has 0 aromatic carbocycles. The molecule has 0 aliphatic heterocycles. The Bertz CT molecular complexity index is 462. The SMILES string of the molecule is Cc1nc(NN)c(C)c(-n2cccn2)n1. The molecule has 0 atom stereocenters. The highest BCUT2D eigenvalue weighted by Crippen LogP contribution is 2.16. The average Bonchev–Trinajstić information content (AvgIpc) is 2.74. The lowest BCUT2D eigenvalue weighted by atomic mass is 10.3. The van der Waals surface area contributed by atoms with Gasteiger partial charge in [-0.3, -0.25) is 0 Å². The Hall–Kier alpha value is -1.95. The second kappa shape index (κ2) is 3.66. The molecule has 0 aliphatic carbocycles. The van der Waals surface area contributed by atoms with Gasteiger partial charge in [0.1, 0.15) is 11.6 Å². The van der Waals surface area contributed by atoms with Gasteiger partial charge >= 0.3 is 0 Å². The van der Waals surface area contributed by atoms with E-state index in [1.54, 1.807) is 10.9 Å². The first-order chi connectivity index (χ1) is 7.22. The van der Waals surface area contributed by atoms with Gasteiger partial charge in [-0.1, -0.05) is 0 Å². The summed E-state index contributed by atoms with van der Waals surface area (Å²) in [7, 11) is 0. The average molecular weight is 204 g/mol. The molecule has 2 aromatic rings. The summed E-state index contributed by atoms with van der Waals surface area (Å²) in [6, 6.07) is 1.84. The van der Waals surface area contributed by atoms with Crippen LogP contribution >= 0.6 is 0 Å². The molecule has 3 N–H and O–H groups in total. The number of nitrogens with zero attached hydrogens (tertiary/aromatic N) is 4. The van der Waals surface area contributed by atoms with E-state index in [-0.39, 0.29) is 0 Å². The van der Waals surface area contributed by atoms with Crippen molar-refractivity contribution in [3.63, 3.8) is 0 Å². The summed E-state index contributed by atoms with van der Waals surface area (Å²) in [5.41, 5.74) is 3.41. The van der Waals surface area contributed by atoms with Crippen LogP contribution in [0.4, 0.5) is 5.82 Å². The third-order valence-electron chi connectivity index (χ3n) is 2.09. The topological polar surface area (TPSA) is 81.6 Å². The van der Waals surface area contributed by atoms with Crippen LogP contribution in [-0.2, 0) is 0 Å². The number of anilines is 1. The fourth-order valence-electron chi connectivity index (χ4n) is 1.37. The van der Waals surface area contributed by atoms with E-state index in [2.05, 4.69) is 20.5 Å². The van der Waals surface area contributed by atoms with Crippen LogP contribution in [0.3, 0.4) is 0 Å². The van der Waals surface area contributed by atoms with Gasteiger partial charge in [-0.25, -0.2) is 20.5 Å². The van der Waals surface area contributed by atoms with E-state index in [1.165, 1.54) is 0 Å². The summed E-state index contributed by atoms with van der Waals surface area (Å²) >= 11 is 0. The second-order valence-electron chi connectivity index (χ2n) is 3.16. The van der Waals surface area contributed by atoms with Gasteiger partial charge in [0, 0.05) is 18.0 Å². The van der Waals surface area contributed by atoms with Crippen molar-refractivity contribution in [1.29, 1.82) is 0 Å². The predicted molar refractivity (Wildman–Crippen MR) is 56.4 cm³/mol. The molecule has 0 saturated carbocycles. The maximum Gasteiger partial charge on any atom is 0.162 e. The minimum Gasteiger partial charge on any atom is -0.308 e. The lowest BCUT2D eigenvalue weighted by molar-refractivity contribution is 0.818. The number of hydrogen-bond acceptors (Lipinski definition) is 5. The Labute approximate surface area is 87.1 Å². The molecule has 6 nitrogen and oxygen atoms in total. The number of nitrogens with one attached hydrogen (secondary N) is 1. The fourth-order valence-corrected chi connectivity index (χ4v) is 1.37. The fraction of sp³-hybridized carbons (Fsp3) is 0.222. The number of nitrogens with two attached hydrogens (primary N) is 1. The first-order valence-corrected chi connectivity index (χ1v) is 4.54. The summed E-state index contributed by atoms with van der Waals surface area (Å²) < 4.78 is 1.69. The Morgan fingerprint density at radius 1 is 1.33 bits per heavy atom. The Balaban J connectivity index is 2.61. The predicted octanol–water partition coefficient (Wildman–Crippen LogP) is 0.565. The van der Waals surface area contributed by atoms with Crippen molar-refractivity contribution in [1.82, 2.24) is 19.7 Å². The van der Waals surface area contributed by atoms with Gasteiger partial charge in [0.25, 0.3) is 0 Å². The molecule has 0 amide bonds. The highest BCUT2D eigenvalue weighted by Gasteiger charge is 2.09. The molecule has 2 heterocycles. The largest absolute Gasteiger partial charge is 0.308 e. The minimum atomic E-state index is 0.619. The van der Waals surface area contributed by atoms with Crippen LogP contribution in [0.1, 0.15) is 11.4 Å². The molecular formula is C9H12N6. The third kappa shape index (κ3) is 1.66. The van der Waals surface area contributed by atoms with Crippen molar-refractivity contribution in [3.05, 3.63) is 29.8 Å². The van der Waals surface area contributed by atoms with Crippen molar-refractivity contribution in [3.8, 4) is 5.82 Å². The van der Waals surface area contributed by atoms with E-state index in [0.29, 0.717) is 11.6 Å². The molecule has 15 heavy (non-hydrogen) atoms.